The van der Waals surface area contributed by atoms with E-state index in [-0.39, 0.29) is 29.3 Å². The van der Waals surface area contributed by atoms with Crippen molar-refractivity contribution < 1.29 is 13.2 Å². The molecule has 1 aromatic carbocycles. The minimum absolute atomic E-state index is 0.0137. The van der Waals surface area contributed by atoms with E-state index in [9.17, 15) is 13.2 Å². The molecule has 1 amide bonds. The molecule has 2 fully saturated rings. The van der Waals surface area contributed by atoms with Crippen molar-refractivity contribution in [3.05, 3.63) is 29.8 Å². The molecule has 0 bridgehead atoms. The molecule has 1 aromatic rings. The molecule has 2 N–H and O–H groups in total. The average Bonchev–Trinajstić information content (AvgIpc) is 3.26. The Labute approximate surface area is 181 Å². The smallest absolute Gasteiger partial charge is 0.243 e. The van der Waals surface area contributed by atoms with Crippen LogP contribution in [0.5, 0.6) is 0 Å². The average molecular weight is 436 g/mol. The zero-order valence-electron chi connectivity index (χ0n) is 19.0. The summed E-state index contributed by atoms with van der Waals surface area (Å²) in [5.41, 5.74) is 6.76. The van der Waals surface area contributed by atoms with Crippen molar-refractivity contribution in [2.24, 2.45) is 17.6 Å². The lowest BCUT2D eigenvalue weighted by molar-refractivity contribution is -0.124. The molecule has 0 radical (unpaired) electrons. The summed E-state index contributed by atoms with van der Waals surface area (Å²) < 4.78 is 28.2. The number of carbonyl (C=O) groups is 1. The second-order valence-corrected chi connectivity index (χ2v) is 12.0. The fraction of sp³-hybridized carbons (Fsp3) is 0.696. The SMILES string of the molecule is CCC[C@@H](C(N)=O)N(C)[C@H]1CC[C@@H]2CN(S(=O)(=O)c3ccc(C(C)(C)C)cc3)C[C@@H]21. The van der Waals surface area contributed by atoms with Gasteiger partial charge in [0.05, 0.1) is 10.9 Å². The van der Waals surface area contributed by atoms with Crippen LogP contribution in [0.3, 0.4) is 0 Å². The van der Waals surface area contributed by atoms with E-state index < -0.39 is 10.0 Å². The number of benzene rings is 1. The van der Waals surface area contributed by atoms with Crippen LogP contribution in [0.4, 0.5) is 0 Å². The van der Waals surface area contributed by atoms with Gasteiger partial charge in [0.2, 0.25) is 15.9 Å². The molecule has 1 saturated carbocycles. The Morgan fingerprint density at radius 2 is 1.83 bits per heavy atom. The highest BCUT2D eigenvalue weighted by Crippen LogP contribution is 2.42. The number of carbonyl (C=O) groups excluding carboxylic acids is 1. The van der Waals surface area contributed by atoms with Gasteiger partial charge >= 0.3 is 0 Å². The van der Waals surface area contributed by atoms with Crippen molar-refractivity contribution in [3.8, 4) is 0 Å². The van der Waals surface area contributed by atoms with E-state index >= 15 is 0 Å². The summed E-state index contributed by atoms with van der Waals surface area (Å²) >= 11 is 0. The molecule has 4 atom stereocenters. The Morgan fingerprint density at radius 1 is 1.20 bits per heavy atom. The van der Waals surface area contributed by atoms with Crippen molar-refractivity contribution in [3.63, 3.8) is 0 Å². The van der Waals surface area contributed by atoms with E-state index in [1.807, 2.05) is 19.2 Å². The zero-order chi connectivity index (χ0) is 22.3. The molecule has 1 aliphatic carbocycles. The molecule has 7 heteroatoms. The lowest BCUT2D eigenvalue weighted by Gasteiger charge is -2.34. The third-order valence-electron chi connectivity index (χ3n) is 7.05. The molecule has 30 heavy (non-hydrogen) atoms. The summed E-state index contributed by atoms with van der Waals surface area (Å²) in [7, 11) is -1.54. The molecule has 1 aliphatic heterocycles. The third kappa shape index (κ3) is 4.43. The highest BCUT2D eigenvalue weighted by Gasteiger charge is 2.48. The van der Waals surface area contributed by atoms with Gasteiger partial charge in [0.15, 0.2) is 0 Å². The number of nitrogens with two attached hydrogens (primary N) is 1. The topological polar surface area (TPSA) is 83.7 Å². The van der Waals surface area contributed by atoms with Gasteiger partial charge < -0.3 is 5.73 Å². The maximum absolute atomic E-state index is 13.3. The zero-order valence-corrected chi connectivity index (χ0v) is 19.8. The summed E-state index contributed by atoms with van der Waals surface area (Å²) in [6.07, 6.45) is 3.62. The van der Waals surface area contributed by atoms with Crippen LogP contribution >= 0.6 is 0 Å². The first kappa shape index (κ1) is 23.2. The number of amides is 1. The van der Waals surface area contributed by atoms with Crippen LogP contribution in [-0.2, 0) is 20.2 Å². The number of nitrogens with zero attached hydrogens (tertiary/aromatic N) is 2. The van der Waals surface area contributed by atoms with Gasteiger partial charge in [0.1, 0.15) is 0 Å². The standard InChI is InChI=1S/C23H37N3O3S/c1-6-7-21(22(24)27)25(5)20-13-8-16-14-26(15-19(16)20)30(28,29)18-11-9-17(10-12-18)23(2,3)4/h9-12,16,19-21H,6-8,13-15H2,1-5H3,(H2,24,27)/t16-,19+,20+,21+/m1/s1. The van der Waals surface area contributed by atoms with E-state index in [1.54, 1.807) is 16.4 Å². The molecule has 2 aliphatic rings. The normalized spacial score (nSPS) is 26.1. The van der Waals surface area contributed by atoms with E-state index in [2.05, 4.69) is 32.6 Å². The van der Waals surface area contributed by atoms with E-state index in [4.69, 9.17) is 5.73 Å². The van der Waals surface area contributed by atoms with E-state index in [1.165, 1.54) is 0 Å². The minimum Gasteiger partial charge on any atom is -0.368 e. The Balaban J connectivity index is 1.76. The van der Waals surface area contributed by atoms with Crippen molar-refractivity contribution in [2.75, 3.05) is 20.1 Å². The van der Waals surface area contributed by atoms with E-state index in [0.717, 1.165) is 31.2 Å². The van der Waals surface area contributed by atoms with Gasteiger partial charge in [-0.15, -0.1) is 0 Å². The molecule has 1 heterocycles. The van der Waals surface area contributed by atoms with Gasteiger partial charge in [0, 0.05) is 19.1 Å². The third-order valence-corrected chi connectivity index (χ3v) is 8.89. The summed E-state index contributed by atoms with van der Waals surface area (Å²) in [4.78, 5) is 14.4. The molecule has 1 saturated heterocycles. The fourth-order valence-electron chi connectivity index (χ4n) is 5.22. The molecule has 168 valence electrons. The number of hydrogen-bond acceptors (Lipinski definition) is 4. The van der Waals surface area contributed by atoms with Crippen LogP contribution in [0.15, 0.2) is 29.2 Å². The molecular weight excluding hydrogens is 398 g/mol. The van der Waals surface area contributed by atoms with Crippen LogP contribution in [-0.4, -0.2) is 55.8 Å². The van der Waals surface area contributed by atoms with Crippen LogP contribution in [0, 0.1) is 11.8 Å². The van der Waals surface area contributed by atoms with E-state index in [0.29, 0.717) is 23.9 Å². The largest absolute Gasteiger partial charge is 0.368 e. The maximum atomic E-state index is 13.3. The molecule has 0 aromatic heterocycles. The predicted octanol–water partition coefficient (Wildman–Crippen LogP) is 2.97. The maximum Gasteiger partial charge on any atom is 0.243 e. The Kier molecular flexibility index (Phi) is 6.65. The highest BCUT2D eigenvalue weighted by molar-refractivity contribution is 7.89. The molecule has 3 rings (SSSR count). The van der Waals surface area contributed by atoms with Gasteiger partial charge in [-0.25, -0.2) is 8.42 Å². The van der Waals surface area contributed by atoms with Gasteiger partial charge in [-0.1, -0.05) is 46.2 Å². The quantitative estimate of drug-likeness (QED) is 0.714. The second-order valence-electron chi connectivity index (χ2n) is 10.0. The molecule has 6 nitrogen and oxygen atoms in total. The summed E-state index contributed by atoms with van der Waals surface area (Å²) in [6, 6.07) is 7.22. The number of likely N-dealkylation sites (N-methyl/N-ethyl adjacent to an activating group) is 1. The minimum atomic E-state index is -3.52. The first-order chi connectivity index (χ1) is 14.0. The van der Waals surface area contributed by atoms with Gasteiger partial charge in [0.25, 0.3) is 0 Å². The number of primary amides is 1. The van der Waals surface area contributed by atoms with Crippen LogP contribution in [0.1, 0.15) is 58.9 Å². The summed E-state index contributed by atoms with van der Waals surface area (Å²) in [5, 5.41) is 0. The number of rotatable bonds is 7. The predicted molar refractivity (Wildman–Crippen MR) is 120 cm³/mol. The van der Waals surface area contributed by atoms with Crippen LogP contribution in [0.25, 0.3) is 0 Å². The van der Waals surface area contributed by atoms with Gasteiger partial charge in [-0.2, -0.15) is 4.31 Å². The number of fused-ring (bicyclic) bond motifs is 1. The van der Waals surface area contributed by atoms with Crippen molar-refractivity contribution >= 4 is 15.9 Å². The number of sulfonamides is 1. The van der Waals surface area contributed by atoms with Crippen LogP contribution in [0.2, 0.25) is 0 Å². The van der Waals surface area contributed by atoms with Gasteiger partial charge in [-0.05, 0) is 61.3 Å². The first-order valence-corrected chi connectivity index (χ1v) is 12.5. The Bertz CT molecular complexity index is 861. The van der Waals surface area contributed by atoms with Crippen molar-refractivity contribution in [2.45, 2.75) is 75.8 Å². The molecular formula is C23H37N3O3S. The lowest BCUT2D eigenvalue weighted by atomic mass is 9.87. The molecule has 0 unspecified atom stereocenters. The Hall–Kier alpha value is -1.44. The first-order valence-electron chi connectivity index (χ1n) is 11.1. The highest BCUT2D eigenvalue weighted by atomic mass is 32.2. The lowest BCUT2D eigenvalue weighted by Crippen LogP contribution is -2.49. The summed E-state index contributed by atoms with van der Waals surface area (Å²) in [6.45, 7) is 9.48. The number of hydrogen-bond donors (Lipinski definition) is 1. The summed E-state index contributed by atoms with van der Waals surface area (Å²) in [5.74, 6) is 0.303. The second kappa shape index (κ2) is 8.60. The van der Waals surface area contributed by atoms with Crippen LogP contribution < -0.4 is 5.73 Å². The Morgan fingerprint density at radius 3 is 2.37 bits per heavy atom. The fourth-order valence-corrected chi connectivity index (χ4v) is 6.76. The molecule has 0 spiro atoms. The van der Waals surface area contributed by atoms with Gasteiger partial charge in [-0.3, -0.25) is 9.69 Å². The monoisotopic (exact) mass is 435 g/mol. The van der Waals surface area contributed by atoms with Crippen molar-refractivity contribution in [1.29, 1.82) is 0 Å². The van der Waals surface area contributed by atoms with Crippen molar-refractivity contribution in [1.82, 2.24) is 9.21 Å².